The van der Waals surface area contributed by atoms with E-state index in [4.69, 9.17) is 9.97 Å². The fourth-order valence-corrected chi connectivity index (χ4v) is 10.9. The molecule has 68 heavy (non-hydrogen) atoms. The predicted octanol–water partition coefficient (Wildman–Crippen LogP) is 16.8. The average molecular weight is 865 g/mol. The SMILES string of the molecule is c1ccc(-c2ccc(-c3nc(-n4c5ccccc5c5c6c7c8ccccc8c8ccccc8c7n(-c7cc(-c8ccccc8)cc(-c8ccccc8)c7)c6ccc54)nc4ccccc34)cc2)cc1. The molecule has 0 radical (unpaired) electrons. The number of rotatable bonds is 6. The summed E-state index contributed by atoms with van der Waals surface area (Å²) in [6.45, 7) is 0. The van der Waals surface area contributed by atoms with Crippen LogP contribution in [0.25, 0.3) is 132 Å². The van der Waals surface area contributed by atoms with Gasteiger partial charge in [-0.3, -0.25) is 4.57 Å². The van der Waals surface area contributed by atoms with E-state index >= 15 is 0 Å². The summed E-state index contributed by atoms with van der Waals surface area (Å²) >= 11 is 0. The van der Waals surface area contributed by atoms with Gasteiger partial charge >= 0.3 is 0 Å². The maximum atomic E-state index is 5.53. The lowest BCUT2D eigenvalue weighted by molar-refractivity contribution is 1.01. The zero-order valence-corrected chi connectivity index (χ0v) is 36.9. The van der Waals surface area contributed by atoms with Crippen LogP contribution in [0.5, 0.6) is 0 Å². The fraction of sp³-hybridized carbons (Fsp3) is 0. The van der Waals surface area contributed by atoms with Crippen molar-refractivity contribution in [2.24, 2.45) is 0 Å². The van der Waals surface area contributed by atoms with E-state index in [-0.39, 0.29) is 0 Å². The van der Waals surface area contributed by atoms with E-state index in [1.165, 1.54) is 76.6 Å². The molecule has 0 unspecified atom stereocenters. The van der Waals surface area contributed by atoms with E-state index < -0.39 is 0 Å². The number of benzene rings is 11. The van der Waals surface area contributed by atoms with Gasteiger partial charge in [0.15, 0.2) is 0 Å². The zero-order chi connectivity index (χ0) is 44.7. The summed E-state index contributed by atoms with van der Waals surface area (Å²) < 4.78 is 4.82. The first-order valence-electron chi connectivity index (χ1n) is 23.2. The third kappa shape index (κ3) is 5.87. The van der Waals surface area contributed by atoms with Crippen LogP contribution in [0.4, 0.5) is 0 Å². The molecule has 316 valence electrons. The summed E-state index contributed by atoms with van der Waals surface area (Å²) in [7, 11) is 0. The molecule has 0 aliphatic heterocycles. The molecule has 14 rings (SSSR count). The summed E-state index contributed by atoms with van der Waals surface area (Å²) in [6.07, 6.45) is 0. The van der Waals surface area contributed by atoms with Crippen molar-refractivity contribution in [1.82, 2.24) is 19.1 Å². The number of hydrogen-bond donors (Lipinski definition) is 0. The van der Waals surface area contributed by atoms with Crippen molar-refractivity contribution < 1.29 is 0 Å². The van der Waals surface area contributed by atoms with Crippen LogP contribution in [0, 0.1) is 0 Å². The molecule has 3 heterocycles. The maximum Gasteiger partial charge on any atom is 0.235 e. The van der Waals surface area contributed by atoms with E-state index in [0.717, 1.165) is 49.8 Å². The second-order valence-electron chi connectivity index (χ2n) is 17.7. The summed E-state index contributed by atoms with van der Waals surface area (Å²) in [4.78, 5) is 10.9. The molecule has 0 saturated carbocycles. The molecule has 11 aromatic carbocycles. The van der Waals surface area contributed by atoms with Gasteiger partial charge in [0.2, 0.25) is 5.95 Å². The standard InChI is InChI=1S/C64H40N4/c1-4-18-41(19-5-1)44-32-34-45(35-33-44)62-53-28-14-16-30-55(53)65-64(66-62)68-56-31-17-15-29-54(56)59-57(68)36-37-58-61(59)60-51-26-12-10-24-49(51)50-25-11-13-27-52(50)63(60)67(58)48-39-46(42-20-6-2-7-21-42)38-47(40-48)43-22-8-3-9-23-43/h1-40H. The van der Waals surface area contributed by atoms with Crippen LogP contribution < -0.4 is 0 Å². The van der Waals surface area contributed by atoms with Crippen molar-refractivity contribution in [1.29, 1.82) is 0 Å². The molecule has 0 amide bonds. The largest absolute Gasteiger partial charge is 0.309 e. The van der Waals surface area contributed by atoms with Gasteiger partial charge in [-0.25, -0.2) is 9.97 Å². The van der Waals surface area contributed by atoms with Crippen LogP contribution in [0.1, 0.15) is 0 Å². The molecule has 0 atom stereocenters. The van der Waals surface area contributed by atoms with E-state index in [1.807, 2.05) is 0 Å². The van der Waals surface area contributed by atoms with Gasteiger partial charge in [-0.1, -0.05) is 200 Å². The Balaban J connectivity index is 1.10. The number of fused-ring (bicyclic) bond motifs is 13. The number of hydrogen-bond acceptors (Lipinski definition) is 2. The second kappa shape index (κ2) is 15.2. The molecule has 0 aliphatic carbocycles. The van der Waals surface area contributed by atoms with E-state index in [0.29, 0.717) is 5.95 Å². The van der Waals surface area contributed by atoms with Crippen LogP contribution in [0.3, 0.4) is 0 Å². The molecule has 0 saturated heterocycles. The predicted molar refractivity (Wildman–Crippen MR) is 285 cm³/mol. The van der Waals surface area contributed by atoms with E-state index in [2.05, 4.69) is 252 Å². The minimum absolute atomic E-state index is 0.637. The Morgan fingerprint density at radius 2 is 0.735 bits per heavy atom. The van der Waals surface area contributed by atoms with Crippen molar-refractivity contribution in [3.05, 3.63) is 243 Å². The molecular formula is C64H40N4. The summed E-state index contributed by atoms with van der Waals surface area (Å²) in [6, 6.07) is 87.5. The Hall–Kier alpha value is -9.12. The number of aromatic nitrogens is 4. The Bertz CT molecular complexity index is 4230. The van der Waals surface area contributed by atoms with Gasteiger partial charge in [0.05, 0.1) is 33.3 Å². The van der Waals surface area contributed by atoms with Gasteiger partial charge in [0.1, 0.15) is 0 Å². The zero-order valence-electron chi connectivity index (χ0n) is 36.9. The van der Waals surface area contributed by atoms with E-state index in [9.17, 15) is 0 Å². The van der Waals surface area contributed by atoms with Crippen molar-refractivity contribution >= 4 is 76.1 Å². The van der Waals surface area contributed by atoms with Gasteiger partial charge in [-0.2, -0.15) is 0 Å². The molecule has 4 heteroatoms. The van der Waals surface area contributed by atoms with E-state index in [1.54, 1.807) is 0 Å². The monoisotopic (exact) mass is 864 g/mol. The Kier molecular flexibility index (Phi) is 8.55. The highest BCUT2D eigenvalue weighted by Crippen LogP contribution is 2.48. The normalized spacial score (nSPS) is 11.8. The first-order valence-corrected chi connectivity index (χ1v) is 23.2. The second-order valence-corrected chi connectivity index (χ2v) is 17.7. The first-order chi connectivity index (χ1) is 33.7. The minimum Gasteiger partial charge on any atom is -0.309 e. The number of nitrogens with zero attached hydrogens (tertiary/aromatic N) is 4. The van der Waals surface area contributed by atoms with Gasteiger partial charge < -0.3 is 4.57 Å². The molecule has 3 aromatic heterocycles. The highest BCUT2D eigenvalue weighted by molar-refractivity contribution is 6.38. The molecular weight excluding hydrogens is 825 g/mol. The topological polar surface area (TPSA) is 35.6 Å². The van der Waals surface area contributed by atoms with Crippen molar-refractivity contribution in [2.75, 3.05) is 0 Å². The molecule has 0 aliphatic rings. The minimum atomic E-state index is 0.637. The molecule has 0 fully saturated rings. The summed E-state index contributed by atoms with van der Waals surface area (Å²) in [5.41, 5.74) is 15.4. The highest BCUT2D eigenvalue weighted by Gasteiger charge is 2.25. The van der Waals surface area contributed by atoms with Crippen molar-refractivity contribution in [3.8, 4) is 56.3 Å². The maximum absolute atomic E-state index is 5.53. The van der Waals surface area contributed by atoms with Crippen LogP contribution in [-0.4, -0.2) is 19.1 Å². The van der Waals surface area contributed by atoms with Gasteiger partial charge in [0, 0.05) is 43.6 Å². The Labute approximate surface area is 392 Å². The first kappa shape index (κ1) is 38.2. The van der Waals surface area contributed by atoms with Crippen LogP contribution in [-0.2, 0) is 0 Å². The lowest BCUT2D eigenvalue weighted by atomic mass is 9.95. The lowest BCUT2D eigenvalue weighted by Gasteiger charge is -2.15. The fourth-order valence-electron chi connectivity index (χ4n) is 10.9. The van der Waals surface area contributed by atoms with Crippen molar-refractivity contribution in [3.63, 3.8) is 0 Å². The smallest absolute Gasteiger partial charge is 0.235 e. The quantitative estimate of drug-likeness (QED) is 0.156. The molecule has 0 N–H and O–H groups in total. The molecule has 14 aromatic rings. The lowest BCUT2D eigenvalue weighted by Crippen LogP contribution is -2.03. The van der Waals surface area contributed by atoms with Gasteiger partial charge in [-0.15, -0.1) is 0 Å². The molecule has 0 spiro atoms. The van der Waals surface area contributed by atoms with Crippen molar-refractivity contribution in [2.45, 2.75) is 0 Å². The third-order valence-electron chi connectivity index (χ3n) is 13.9. The highest BCUT2D eigenvalue weighted by atomic mass is 15.2. The number of para-hydroxylation sites is 2. The molecule has 0 bridgehead atoms. The van der Waals surface area contributed by atoms with Gasteiger partial charge in [-0.05, 0) is 92.0 Å². The molecule has 4 nitrogen and oxygen atoms in total. The van der Waals surface area contributed by atoms with Gasteiger partial charge in [0.25, 0.3) is 0 Å². The van der Waals surface area contributed by atoms with Crippen LogP contribution in [0.15, 0.2) is 243 Å². The Morgan fingerprint density at radius 1 is 0.265 bits per heavy atom. The third-order valence-corrected chi connectivity index (χ3v) is 13.9. The summed E-state index contributed by atoms with van der Waals surface area (Å²) in [5.74, 6) is 0.637. The van der Waals surface area contributed by atoms with Crippen LogP contribution >= 0.6 is 0 Å². The average Bonchev–Trinajstić information content (AvgIpc) is 3.95. The summed E-state index contributed by atoms with van der Waals surface area (Å²) in [5, 5.41) is 10.7. The Morgan fingerprint density at radius 3 is 1.38 bits per heavy atom. The van der Waals surface area contributed by atoms with Crippen LogP contribution in [0.2, 0.25) is 0 Å².